The number of fused-ring (bicyclic) bond motifs is 1. The summed E-state index contributed by atoms with van der Waals surface area (Å²) in [6.45, 7) is 5.46. The zero-order chi connectivity index (χ0) is 31.1. The second-order valence-corrected chi connectivity index (χ2v) is 13.1. The number of aromatic nitrogens is 2. The number of carbonyl (C=O) groups excluding carboxylic acids is 2. The Kier molecular flexibility index (Phi) is 8.13. The summed E-state index contributed by atoms with van der Waals surface area (Å²) < 4.78 is 1.51. The van der Waals surface area contributed by atoms with E-state index in [1.165, 1.54) is 27.8 Å². The first kappa shape index (κ1) is 29.8. The van der Waals surface area contributed by atoms with E-state index >= 15 is 0 Å². The number of benzene rings is 2. The van der Waals surface area contributed by atoms with Gasteiger partial charge in [-0.05, 0) is 87.0 Å². The van der Waals surface area contributed by atoms with E-state index in [0.29, 0.717) is 17.9 Å². The number of anilines is 3. The lowest BCUT2D eigenvalue weighted by Gasteiger charge is -2.37. The van der Waals surface area contributed by atoms with E-state index in [0.717, 1.165) is 52.2 Å². The van der Waals surface area contributed by atoms with Gasteiger partial charge in [0, 0.05) is 55.2 Å². The average molecular weight is 611 g/mol. The lowest BCUT2D eigenvalue weighted by molar-refractivity contribution is -0.139. The maximum atomic E-state index is 13.3. The number of hydrogen-bond donors (Lipinski definition) is 2. The Morgan fingerprint density at radius 3 is 2.48 bits per heavy atom. The van der Waals surface area contributed by atoms with Crippen LogP contribution >= 0.6 is 11.3 Å². The minimum absolute atomic E-state index is 0.0706. The smallest absolute Gasteiger partial charge is 0.293 e. The highest BCUT2D eigenvalue weighted by Crippen LogP contribution is 2.34. The highest BCUT2D eigenvalue weighted by Gasteiger charge is 2.32. The molecule has 2 aromatic heterocycles. The number of nitrogens with one attached hydrogen (secondary N) is 2. The Balaban J connectivity index is 1.26. The van der Waals surface area contributed by atoms with Gasteiger partial charge in [-0.1, -0.05) is 24.3 Å². The van der Waals surface area contributed by atoms with Crippen LogP contribution in [0.3, 0.4) is 0 Å². The predicted molar refractivity (Wildman–Crippen MR) is 176 cm³/mol. The molecule has 1 atom stereocenters. The van der Waals surface area contributed by atoms with Crippen molar-refractivity contribution in [3.05, 3.63) is 91.0 Å². The van der Waals surface area contributed by atoms with Crippen molar-refractivity contribution in [3.63, 3.8) is 0 Å². The molecular formula is C34H38N6O3S. The molecule has 6 rings (SSSR count). The van der Waals surface area contributed by atoms with Crippen molar-refractivity contribution in [2.75, 3.05) is 37.8 Å². The topological polar surface area (TPSA) is 99.6 Å². The number of carbonyl (C=O) groups is 2. The SMILES string of the molecule is Cc1ccc(-c2cn(C)c(=O)c(Nc3ccc(C4C(=O)N(C)CCN4C)cc3)n2)c(C)c1NC(=O)c1cc2c(s1)CCCC2. The van der Waals surface area contributed by atoms with Gasteiger partial charge in [-0.2, -0.15) is 0 Å². The first-order valence-corrected chi connectivity index (χ1v) is 15.9. The van der Waals surface area contributed by atoms with E-state index in [-0.39, 0.29) is 29.2 Å². The van der Waals surface area contributed by atoms with Gasteiger partial charge in [0.2, 0.25) is 5.91 Å². The van der Waals surface area contributed by atoms with E-state index < -0.39 is 0 Å². The average Bonchev–Trinajstić information content (AvgIpc) is 3.45. The molecule has 1 saturated heterocycles. The van der Waals surface area contributed by atoms with Crippen LogP contribution in [0.1, 0.15) is 55.7 Å². The largest absolute Gasteiger partial charge is 0.343 e. The standard InChI is InChI=1S/C34H38N6O3S/c1-20-10-15-25(21(2)29(20)37-32(41)28-18-23-8-6-7-9-27(23)44-28)26-19-40(5)34(43)31(36-26)35-24-13-11-22(12-14-24)30-33(42)39(4)17-16-38(30)3/h10-15,18-19,30H,6-9,16-17H2,1-5H3,(H,35,36)(H,37,41). The Morgan fingerprint density at radius 2 is 1.73 bits per heavy atom. The zero-order valence-electron chi connectivity index (χ0n) is 25.9. The summed E-state index contributed by atoms with van der Waals surface area (Å²) in [4.78, 5) is 49.9. The molecule has 1 unspecified atom stereocenters. The maximum absolute atomic E-state index is 13.3. The van der Waals surface area contributed by atoms with Crippen molar-refractivity contribution in [3.8, 4) is 11.3 Å². The van der Waals surface area contributed by atoms with E-state index in [2.05, 4.69) is 15.5 Å². The van der Waals surface area contributed by atoms with Crippen molar-refractivity contribution >= 4 is 40.3 Å². The van der Waals surface area contributed by atoms with Gasteiger partial charge in [-0.15, -0.1) is 11.3 Å². The predicted octanol–water partition coefficient (Wildman–Crippen LogP) is 5.45. The van der Waals surface area contributed by atoms with E-state index in [1.54, 1.807) is 29.5 Å². The number of nitrogens with zero attached hydrogens (tertiary/aromatic N) is 4. The molecule has 2 amide bonds. The molecular weight excluding hydrogens is 572 g/mol. The van der Waals surface area contributed by atoms with E-state index in [4.69, 9.17) is 4.98 Å². The molecule has 2 N–H and O–H groups in total. The van der Waals surface area contributed by atoms with Crippen molar-refractivity contribution in [2.24, 2.45) is 7.05 Å². The van der Waals surface area contributed by atoms with Crippen LogP contribution in [0.4, 0.5) is 17.2 Å². The Hall–Kier alpha value is -4.28. The number of thiophene rings is 1. The van der Waals surface area contributed by atoms with Crippen LogP contribution in [-0.4, -0.2) is 58.4 Å². The third kappa shape index (κ3) is 5.67. The quantitative estimate of drug-likeness (QED) is 0.302. The van der Waals surface area contributed by atoms with Gasteiger partial charge in [0.05, 0.1) is 10.6 Å². The minimum Gasteiger partial charge on any atom is -0.343 e. The molecule has 4 aromatic rings. The summed E-state index contributed by atoms with van der Waals surface area (Å²) >= 11 is 1.60. The van der Waals surface area contributed by atoms with Crippen LogP contribution in [0, 0.1) is 13.8 Å². The van der Waals surface area contributed by atoms with Gasteiger partial charge in [0.25, 0.3) is 11.5 Å². The number of piperazine rings is 1. The normalized spacial score (nSPS) is 17.0. The molecule has 1 fully saturated rings. The van der Waals surface area contributed by atoms with Crippen LogP contribution in [0.5, 0.6) is 0 Å². The van der Waals surface area contributed by atoms with Crippen molar-refractivity contribution in [1.82, 2.24) is 19.4 Å². The summed E-state index contributed by atoms with van der Waals surface area (Å²) in [7, 11) is 5.49. The third-order valence-corrected chi connectivity index (χ3v) is 10.0. The Bertz CT molecular complexity index is 1790. The number of hydrogen-bond acceptors (Lipinski definition) is 7. The van der Waals surface area contributed by atoms with E-state index in [1.807, 2.05) is 70.4 Å². The van der Waals surface area contributed by atoms with Crippen molar-refractivity contribution in [2.45, 2.75) is 45.6 Å². The summed E-state index contributed by atoms with van der Waals surface area (Å²) in [5, 5.41) is 6.35. The molecule has 0 radical (unpaired) electrons. The maximum Gasteiger partial charge on any atom is 0.293 e. The molecule has 1 aliphatic heterocycles. The number of amides is 2. The molecule has 9 nitrogen and oxygen atoms in total. The highest BCUT2D eigenvalue weighted by atomic mass is 32.1. The summed E-state index contributed by atoms with van der Waals surface area (Å²) in [5.41, 5.74) is 6.68. The molecule has 0 spiro atoms. The fourth-order valence-electron chi connectivity index (χ4n) is 6.14. The van der Waals surface area contributed by atoms with Crippen LogP contribution in [0.2, 0.25) is 0 Å². The van der Waals surface area contributed by atoms with Crippen LogP contribution in [0.15, 0.2) is 53.5 Å². The van der Waals surface area contributed by atoms with Crippen LogP contribution in [0.25, 0.3) is 11.3 Å². The van der Waals surface area contributed by atoms with Gasteiger partial charge < -0.3 is 20.1 Å². The number of likely N-dealkylation sites (N-methyl/N-ethyl adjacent to an activating group) is 2. The minimum atomic E-state index is -0.332. The molecule has 2 aliphatic rings. The molecule has 228 valence electrons. The first-order chi connectivity index (χ1) is 21.1. The van der Waals surface area contributed by atoms with Crippen molar-refractivity contribution < 1.29 is 9.59 Å². The monoisotopic (exact) mass is 610 g/mol. The lowest BCUT2D eigenvalue weighted by Crippen LogP contribution is -2.48. The fourth-order valence-corrected chi connectivity index (χ4v) is 7.29. The summed E-state index contributed by atoms with van der Waals surface area (Å²) in [5.74, 6) is 0.166. The molecule has 3 heterocycles. The molecule has 10 heteroatoms. The first-order valence-electron chi connectivity index (χ1n) is 15.0. The zero-order valence-corrected chi connectivity index (χ0v) is 26.7. The fraction of sp³-hybridized carbons (Fsp3) is 0.353. The van der Waals surface area contributed by atoms with Crippen molar-refractivity contribution in [1.29, 1.82) is 0 Å². The van der Waals surface area contributed by atoms with Gasteiger partial charge in [0.1, 0.15) is 6.04 Å². The molecule has 2 aromatic carbocycles. The van der Waals surface area contributed by atoms with Crippen LogP contribution in [-0.2, 0) is 24.7 Å². The molecule has 1 aliphatic carbocycles. The summed E-state index contributed by atoms with van der Waals surface area (Å²) in [6, 6.07) is 13.2. The van der Waals surface area contributed by atoms with E-state index in [9.17, 15) is 14.4 Å². The van der Waals surface area contributed by atoms with Crippen LogP contribution < -0.4 is 16.2 Å². The molecule has 0 bridgehead atoms. The highest BCUT2D eigenvalue weighted by molar-refractivity contribution is 7.14. The van der Waals surface area contributed by atoms with Gasteiger partial charge >= 0.3 is 0 Å². The number of aryl methyl sites for hydroxylation is 4. The number of rotatable bonds is 6. The Labute approximate surface area is 261 Å². The second-order valence-electron chi connectivity index (χ2n) is 11.9. The third-order valence-electron chi connectivity index (χ3n) is 8.81. The van der Waals surface area contributed by atoms with Gasteiger partial charge in [-0.3, -0.25) is 19.3 Å². The van der Waals surface area contributed by atoms with Gasteiger partial charge in [-0.25, -0.2) is 4.98 Å². The second kappa shape index (κ2) is 12.0. The molecule has 44 heavy (non-hydrogen) atoms. The van der Waals surface area contributed by atoms with Gasteiger partial charge in [0.15, 0.2) is 5.82 Å². The summed E-state index contributed by atoms with van der Waals surface area (Å²) in [6.07, 6.45) is 6.17. The molecule has 0 saturated carbocycles. The Morgan fingerprint density at radius 1 is 0.977 bits per heavy atom. The lowest BCUT2D eigenvalue weighted by atomic mass is 9.99.